The lowest BCUT2D eigenvalue weighted by Crippen LogP contribution is -1.92. The Labute approximate surface area is 91.7 Å². The predicted octanol–water partition coefficient (Wildman–Crippen LogP) is 2.94. The first-order chi connectivity index (χ1) is 7.36. The molecule has 0 fully saturated rings. The second kappa shape index (κ2) is 3.28. The van der Waals surface area contributed by atoms with Gasteiger partial charge < -0.3 is 0 Å². The minimum Gasteiger partial charge on any atom is -0.294 e. The number of rotatable bonds is 1. The molecule has 1 aliphatic carbocycles. The minimum absolute atomic E-state index is 0.266. The third kappa shape index (κ3) is 1.31. The Morgan fingerprint density at radius 3 is 2.80 bits per heavy atom. The van der Waals surface area contributed by atoms with Crippen molar-refractivity contribution in [2.45, 2.75) is 12.8 Å². The summed E-state index contributed by atoms with van der Waals surface area (Å²) in [5.74, 6) is 0.266. The summed E-state index contributed by atoms with van der Waals surface area (Å²) >= 11 is 1.45. The van der Waals surface area contributed by atoms with Crippen LogP contribution < -0.4 is 0 Å². The quantitative estimate of drug-likeness (QED) is 0.732. The Bertz CT molecular complexity index is 516. The molecular formula is C12H9NOS. The molecule has 1 aromatic heterocycles. The Hall–Kier alpha value is -1.48. The molecule has 0 aliphatic heterocycles. The molecule has 0 saturated heterocycles. The summed E-state index contributed by atoms with van der Waals surface area (Å²) in [7, 11) is 0. The predicted molar refractivity (Wildman–Crippen MR) is 60.2 cm³/mol. The van der Waals surface area contributed by atoms with Gasteiger partial charge in [-0.3, -0.25) is 4.79 Å². The van der Waals surface area contributed by atoms with E-state index in [0.29, 0.717) is 6.42 Å². The molecule has 1 aliphatic rings. The molecular weight excluding hydrogens is 206 g/mol. The SMILES string of the molecule is O=C1CCc2c1cccc2-c1ccsn1. The number of hydrogen-bond acceptors (Lipinski definition) is 3. The van der Waals surface area contributed by atoms with Gasteiger partial charge in [-0.2, -0.15) is 4.37 Å². The molecule has 74 valence electrons. The Balaban J connectivity index is 2.23. The third-order valence-electron chi connectivity index (χ3n) is 2.79. The van der Waals surface area contributed by atoms with E-state index < -0.39 is 0 Å². The maximum atomic E-state index is 11.6. The molecule has 0 bridgehead atoms. The molecule has 2 nitrogen and oxygen atoms in total. The molecule has 0 amide bonds. The van der Waals surface area contributed by atoms with Crippen LogP contribution in [-0.2, 0) is 6.42 Å². The van der Waals surface area contributed by atoms with E-state index in [4.69, 9.17) is 0 Å². The highest BCUT2D eigenvalue weighted by Crippen LogP contribution is 2.31. The lowest BCUT2D eigenvalue weighted by molar-refractivity contribution is 0.0994. The van der Waals surface area contributed by atoms with Crippen LogP contribution in [0, 0.1) is 0 Å². The summed E-state index contributed by atoms with van der Waals surface area (Å²) in [6.07, 6.45) is 1.51. The highest BCUT2D eigenvalue weighted by molar-refractivity contribution is 7.03. The number of Topliss-reactive ketones (excluding diaryl/α,β-unsaturated/α-hetero) is 1. The van der Waals surface area contributed by atoms with Crippen molar-refractivity contribution in [1.82, 2.24) is 4.37 Å². The normalized spacial score (nSPS) is 14.3. The van der Waals surface area contributed by atoms with E-state index >= 15 is 0 Å². The standard InChI is InChI=1S/C12H9NOS/c14-12-5-4-8-9(2-1-3-10(8)12)11-6-7-15-13-11/h1-3,6-7H,4-5H2. The van der Waals surface area contributed by atoms with Gasteiger partial charge in [0.2, 0.25) is 0 Å². The summed E-state index contributed by atoms with van der Waals surface area (Å²) in [6.45, 7) is 0. The molecule has 2 aromatic rings. The molecule has 0 saturated carbocycles. The van der Waals surface area contributed by atoms with E-state index in [2.05, 4.69) is 4.37 Å². The van der Waals surface area contributed by atoms with E-state index in [1.54, 1.807) is 0 Å². The van der Waals surface area contributed by atoms with Gasteiger partial charge in [-0.25, -0.2) is 0 Å². The van der Waals surface area contributed by atoms with E-state index in [1.165, 1.54) is 17.1 Å². The lowest BCUT2D eigenvalue weighted by atomic mass is 10.0. The first-order valence-electron chi connectivity index (χ1n) is 4.92. The van der Waals surface area contributed by atoms with Gasteiger partial charge in [0.1, 0.15) is 0 Å². The Morgan fingerprint density at radius 1 is 1.13 bits per heavy atom. The fraction of sp³-hybridized carbons (Fsp3) is 0.167. The summed E-state index contributed by atoms with van der Waals surface area (Å²) < 4.78 is 4.32. The first-order valence-corrected chi connectivity index (χ1v) is 5.76. The van der Waals surface area contributed by atoms with Crippen molar-refractivity contribution in [2.75, 3.05) is 0 Å². The van der Waals surface area contributed by atoms with E-state index in [-0.39, 0.29) is 5.78 Å². The topological polar surface area (TPSA) is 30.0 Å². The monoisotopic (exact) mass is 215 g/mol. The number of ketones is 1. The van der Waals surface area contributed by atoms with Gasteiger partial charge in [0.25, 0.3) is 0 Å². The van der Waals surface area contributed by atoms with Gasteiger partial charge in [0, 0.05) is 22.9 Å². The van der Waals surface area contributed by atoms with Gasteiger partial charge in [0.05, 0.1) is 5.69 Å². The minimum atomic E-state index is 0.266. The average Bonchev–Trinajstić information content (AvgIpc) is 2.88. The molecule has 3 rings (SSSR count). The fourth-order valence-electron chi connectivity index (χ4n) is 2.08. The average molecular weight is 215 g/mol. The van der Waals surface area contributed by atoms with Crippen LogP contribution in [0.15, 0.2) is 29.6 Å². The van der Waals surface area contributed by atoms with Crippen molar-refractivity contribution >= 4 is 17.3 Å². The van der Waals surface area contributed by atoms with Gasteiger partial charge in [-0.1, -0.05) is 18.2 Å². The van der Waals surface area contributed by atoms with Crippen molar-refractivity contribution < 1.29 is 4.79 Å². The molecule has 0 spiro atoms. The first kappa shape index (κ1) is 8.80. The zero-order valence-corrected chi connectivity index (χ0v) is 8.88. The molecule has 15 heavy (non-hydrogen) atoms. The van der Waals surface area contributed by atoms with Crippen LogP contribution in [-0.4, -0.2) is 10.2 Å². The Morgan fingerprint density at radius 2 is 2.00 bits per heavy atom. The van der Waals surface area contributed by atoms with Gasteiger partial charge in [-0.15, -0.1) is 0 Å². The zero-order valence-electron chi connectivity index (χ0n) is 8.06. The molecule has 1 aromatic carbocycles. The zero-order chi connectivity index (χ0) is 10.3. The van der Waals surface area contributed by atoms with Gasteiger partial charge >= 0.3 is 0 Å². The fourth-order valence-corrected chi connectivity index (χ4v) is 2.61. The second-order valence-corrected chi connectivity index (χ2v) is 4.31. The van der Waals surface area contributed by atoms with Crippen LogP contribution in [0.4, 0.5) is 0 Å². The largest absolute Gasteiger partial charge is 0.294 e. The smallest absolute Gasteiger partial charge is 0.163 e. The van der Waals surface area contributed by atoms with Crippen LogP contribution in [0.2, 0.25) is 0 Å². The Kier molecular flexibility index (Phi) is 1.92. The number of carbonyl (C=O) groups is 1. The maximum Gasteiger partial charge on any atom is 0.163 e. The lowest BCUT2D eigenvalue weighted by Gasteiger charge is -2.03. The number of fused-ring (bicyclic) bond motifs is 1. The highest BCUT2D eigenvalue weighted by atomic mass is 32.1. The summed E-state index contributed by atoms with van der Waals surface area (Å²) in [4.78, 5) is 11.6. The summed E-state index contributed by atoms with van der Waals surface area (Å²) in [6, 6.07) is 7.91. The van der Waals surface area contributed by atoms with Gasteiger partial charge in [0.15, 0.2) is 5.78 Å². The number of nitrogens with zero attached hydrogens (tertiary/aromatic N) is 1. The summed E-state index contributed by atoms with van der Waals surface area (Å²) in [5, 5.41) is 1.96. The molecule has 3 heteroatoms. The van der Waals surface area contributed by atoms with Crippen LogP contribution in [0.3, 0.4) is 0 Å². The van der Waals surface area contributed by atoms with Crippen molar-refractivity contribution in [1.29, 1.82) is 0 Å². The number of aromatic nitrogens is 1. The van der Waals surface area contributed by atoms with E-state index in [1.807, 2.05) is 29.6 Å². The van der Waals surface area contributed by atoms with Gasteiger partial charge in [-0.05, 0) is 29.6 Å². The third-order valence-corrected chi connectivity index (χ3v) is 3.35. The molecule has 0 radical (unpaired) electrons. The second-order valence-electron chi connectivity index (χ2n) is 3.64. The van der Waals surface area contributed by atoms with Crippen LogP contribution >= 0.6 is 11.5 Å². The van der Waals surface area contributed by atoms with Crippen molar-refractivity contribution in [3.63, 3.8) is 0 Å². The molecule has 0 N–H and O–H groups in total. The number of carbonyl (C=O) groups excluding carboxylic acids is 1. The van der Waals surface area contributed by atoms with E-state index in [9.17, 15) is 4.79 Å². The highest BCUT2D eigenvalue weighted by Gasteiger charge is 2.22. The van der Waals surface area contributed by atoms with Crippen LogP contribution in [0.25, 0.3) is 11.3 Å². The van der Waals surface area contributed by atoms with Crippen molar-refractivity contribution in [3.8, 4) is 11.3 Å². The number of benzene rings is 1. The molecule has 0 unspecified atom stereocenters. The molecule has 0 atom stereocenters. The van der Waals surface area contributed by atoms with Crippen molar-refractivity contribution in [2.24, 2.45) is 0 Å². The van der Waals surface area contributed by atoms with Crippen molar-refractivity contribution in [3.05, 3.63) is 40.8 Å². The molecule has 1 heterocycles. The van der Waals surface area contributed by atoms with Crippen LogP contribution in [0.1, 0.15) is 22.3 Å². The van der Waals surface area contributed by atoms with E-state index in [0.717, 1.165) is 23.2 Å². The summed E-state index contributed by atoms with van der Waals surface area (Å²) in [5.41, 5.74) is 4.18. The van der Waals surface area contributed by atoms with Crippen LogP contribution in [0.5, 0.6) is 0 Å². The number of hydrogen-bond donors (Lipinski definition) is 0. The maximum absolute atomic E-state index is 11.6.